The summed E-state index contributed by atoms with van der Waals surface area (Å²) in [6, 6.07) is 9.73. The van der Waals surface area contributed by atoms with E-state index in [-0.39, 0.29) is 36.3 Å². The molecule has 0 amide bonds. The van der Waals surface area contributed by atoms with E-state index in [1.165, 1.54) is 17.0 Å². The maximum absolute atomic E-state index is 12.2. The first-order chi connectivity index (χ1) is 13.0. The highest BCUT2D eigenvalue weighted by Crippen LogP contribution is 2.21. The number of hydrogen-bond donors (Lipinski definition) is 3. The Balaban J connectivity index is 0.00000392. The van der Waals surface area contributed by atoms with Gasteiger partial charge in [0.25, 0.3) is 0 Å². The highest BCUT2D eigenvalue weighted by molar-refractivity contribution is 14.0. The molecule has 0 bridgehead atoms. The molecule has 1 aromatic heterocycles. The lowest BCUT2D eigenvalue weighted by Gasteiger charge is -2.13. The minimum atomic E-state index is -2.87. The lowest BCUT2D eigenvalue weighted by molar-refractivity contribution is -0.0498. The van der Waals surface area contributed by atoms with Crippen LogP contribution in [0, 0.1) is 0 Å². The fraction of sp³-hybridized carbons (Fsp3) is 0.389. The summed E-state index contributed by atoms with van der Waals surface area (Å²) in [6.45, 7) is 0.582. The summed E-state index contributed by atoms with van der Waals surface area (Å²) in [5, 5.41) is 16.6. The fourth-order valence-electron chi connectivity index (χ4n) is 2.29. The Bertz CT molecular complexity index is 732. The Morgan fingerprint density at radius 3 is 2.50 bits per heavy atom. The SMILES string of the molecule is CCNC(=NCC(O)c1ccc(OC(F)F)cc1)NCCc1ccc(Cl)s1.I. The number of nitrogens with one attached hydrogen (secondary N) is 2. The van der Waals surface area contributed by atoms with Gasteiger partial charge in [-0.25, -0.2) is 0 Å². The highest BCUT2D eigenvalue weighted by Gasteiger charge is 2.09. The van der Waals surface area contributed by atoms with E-state index in [1.54, 1.807) is 23.5 Å². The summed E-state index contributed by atoms with van der Waals surface area (Å²) in [5.74, 6) is 0.644. The number of hydrogen-bond acceptors (Lipinski definition) is 4. The number of ether oxygens (including phenoxy) is 1. The van der Waals surface area contributed by atoms with Gasteiger partial charge < -0.3 is 20.5 Å². The van der Waals surface area contributed by atoms with Crippen LogP contribution in [0.15, 0.2) is 41.4 Å². The molecule has 0 aliphatic rings. The van der Waals surface area contributed by atoms with Crippen molar-refractivity contribution in [1.29, 1.82) is 0 Å². The number of aliphatic hydroxyl groups is 1. The second kappa shape index (κ2) is 13.1. The van der Waals surface area contributed by atoms with Gasteiger partial charge in [0.15, 0.2) is 5.96 Å². The van der Waals surface area contributed by atoms with Gasteiger partial charge in [0.1, 0.15) is 5.75 Å². The molecule has 2 aromatic rings. The standard InChI is InChI=1S/C18H22ClF2N3O2S.HI/c1-2-22-18(23-10-9-14-7-8-16(19)27-14)24-11-15(25)12-3-5-13(6-4-12)26-17(20)21;/h3-8,15,17,25H,2,9-11H2,1H3,(H2,22,23,24);1H. The molecule has 1 heterocycles. The van der Waals surface area contributed by atoms with Gasteiger partial charge in [-0.3, -0.25) is 4.99 Å². The second-order valence-corrected chi connectivity index (χ2v) is 7.37. The maximum atomic E-state index is 12.2. The number of benzene rings is 1. The number of alkyl halides is 2. The van der Waals surface area contributed by atoms with Crippen LogP contribution in [0.5, 0.6) is 5.75 Å². The average molecular weight is 546 g/mol. The van der Waals surface area contributed by atoms with E-state index in [4.69, 9.17) is 11.6 Å². The Morgan fingerprint density at radius 1 is 1.21 bits per heavy atom. The predicted molar refractivity (Wildman–Crippen MR) is 120 cm³/mol. The number of rotatable bonds is 9. The Kier molecular flexibility index (Phi) is 11.7. The summed E-state index contributed by atoms with van der Waals surface area (Å²) in [6.07, 6.45) is -0.0344. The van der Waals surface area contributed by atoms with Crippen molar-refractivity contribution < 1.29 is 18.6 Å². The molecule has 1 aromatic carbocycles. The van der Waals surface area contributed by atoms with Crippen molar-refractivity contribution >= 4 is 52.9 Å². The molecule has 28 heavy (non-hydrogen) atoms. The monoisotopic (exact) mass is 545 g/mol. The topological polar surface area (TPSA) is 65.9 Å². The van der Waals surface area contributed by atoms with Gasteiger partial charge in [-0.05, 0) is 43.2 Å². The minimum Gasteiger partial charge on any atom is -0.435 e. The van der Waals surface area contributed by atoms with E-state index in [1.807, 2.05) is 19.1 Å². The molecule has 3 N–H and O–H groups in total. The molecule has 1 atom stereocenters. The van der Waals surface area contributed by atoms with E-state index in [9.17, 15) is 13.9 Å². The Hall–Kier alpha value is -1.17. The maximum Gasteiger partial charge on any atom is 0.387 e. The summed E-state index contributed by atoms with van der Waals surface area (Å²) >= 11 is 7.46. The third-order valence-electron chi connectivity index (χ3n) is 3.55. The third-order valence-corrected chi connectivity index (χ3v) is 4.84. The molecule has 2 rings (SSSR count). The zero-order valence-electron chi connectivity index (χ0n) is 15.2. The van der Waals surface area contributed by atoms with Crippen molar-refractivity contribution in [2.45, 2.75) is 26.1 Å². The molecule has 0 radical (unpaired) electrons. The van der Waals surface area contributed by atoms with E-state index in [2.05, 4.69) is 20.4 Å². The van der Waals surface area contributed by atoms with Crippen molar-refractivity contribution in [1.82, 2.24) is 10.6 Å². The third kappa shape index (κ3) is 8.89. The zero-order valence-corrected chi connectivity index (χ0v) is 19.1. The van der Waals surface area contributed by atoms with Crippen molar-refractivity contribution in [3.8, 4) is 5.75 Å². The minimum absolute atomic E-state index is 0. The van der Waals surface area contributed by atoms with Gasteiger partial charge in [0.2, 0.25) is 0 Å². The van der Waals surface area contributed by atoms with Crippen LogP contribution in [0.2, 0.25) is 4.34 Å². The van der Waals surface area contributed by atoms with Crippen molar-refractivity contribution in [3.63, 3.8) is 0 Å². The van der Waals surface area contributed by atoms with Gasteiger partial charge in [-0.1, -0.05) is 23.7 Å². The van der Waals surface area contributed by atoms with Gasteiger partial charge >= 0.3 is 6.61 Å². The van der Waals surface area contributed by atoms with Gasteiger partial charge in [0.05, 0.1) is 17.0 Å². The summed E-state index contributed by atoms with van der Waals surface area (Å²) in [5.41, 5.74) is 0.574. The number of guanidine groups is 1. The highest BCUT2D eigenvalue weighted by atomic mass is 127. The molecule has 0 spiro atoms. The molecule has 0 aliphatic heterocycles. The number of aliphatic imine (C=N–C) groups is 1. The molecule has 0 saturated heterocycles. The normalized spacial score (nSPS) is 12.4. The first kappa shape index (κ1) is 24.9. The Morgan fingerprint density at radius 2 is 1.93 bits per heavy atom. The van der Waals surface area contributed by atoms with E-state index in [0.717, 1.165) is 10.8 Å². The van der Waals surface area contributed by atoms with Crippen LogP contribution in [0.4, 0.5) is 8.78 Å². The largest absolute Gasteiger partial charge is 0.435 e. The first-order valence-corrected chi connectivity index (χ1v) is 9.66. The van der Waals surface area contributed by atoms with Crippen molar-refractivity contribution in [3.05, 3.63) is 51.2 Å². The summed E-state index contributed by atoms with van der Waals surface area (Å²) in [4.78, 5) is 5.54. The fourth-order valence-corrected chi connectivity index (χ4v) is 3.37. The van der Waals surface area contributed by atoms with Gasteiger partial charge in [-0.2, -0.15) is 8.78 Å². The molecule has 10 heteroatoms. The molecule has 0 aliphatic carbocycles. The zero-order chi connectivity index (χ0) is 19.6. The molecule has 0 saturated carbocycles. The molecule has 5 nitrogen and oxygen atoms in total. The number of nitrogens with zero attached hydrogens (tertiary/aromatic N) is 1. The molecule has 156 valence electrons. The van der Waals surface area contributed by atoms with Crippen LogP contribution >= 0.6 is 46.9 Å². The number of thiophene rings is 1. The smallest absolute Gasteiger partial charge is 0.387 e. The van der Waals surface area contributed by atoms with Crippen LogP contribution in [0.1, 0.15) is 23.5 Å². The quantitative estimate of drug-likeness (QED) is 0.247. The van der Waals surface area contributed by atoms with Gasteiger partial charge in [0, 0.05) is 18.0 Å². The molecular weight excluding hydrogens is 523 g/mol. The predicted octanol–water partition coefficient (Wildman–Crippen LogP) is 4.45. The first-order valence-electron chi connectivity index (χ1n) is 8.47. The van der Waals surface area contributed by atoms with Crippen LogP contribution in [0.25, 0.3) is 0 Å². The van der Waals surface area contributed by atoms with Crippen LogP contribution in [-0.4, -0.2) is 37.3 Å². The molecule has 0 fully saturated rings. The number of halogens is 4. The van der Waals surface area contributed by atoms with E-state index in [0.29, 0.717) is 24.6 Å². The summed E-state index contributed by atoms with van der Waals surface area (Å²) < 4.78 is 29.4. The molecular formula is C18H23ClF2IN3O2S. The average Bonchev–Trinajstić information content (AvgIpc) is 3.04. The second-order valence-electron chi connectivity index (χ2n) is 5.57. The summed E-state index contributed by atoms with van der Waals surface area (Å²) in [7, 11) is 0. The Labute approximate surface area is 189 Å². The van der Waals surface area contributed by atoms with E-state index < -0.39 is 12.7 Å². The van der Waals surface area contributed by atoms with Crippen LogP contribution in [-0.2, 0) is 6.42 Å². The molecule has 1 unspecified atom stereocenters. The van der Waals surface area contributed by atoms with Crippen molar-refractivity contribution in [2.75, 3.05) is 19.6 Å². The number of aliphatic hydroxyl groups excluding tert-OH is 1. The lowest BCUT2D eigenvalue weighted by Crippen LogP contribution is -2.38. The van der Waals surface area contributed by atoms with Crippen LogP contribution < -0.4 is 15.4 Å². The van der Waals surface area contributed by atoms with Crippen molar-refractivity contribution in [2.24, 2.45) is 4.99 Å². The van der Waals surface area contributed by atoms with Crippen LogP contribution in [0.3, 0.4) is 0 Å². The van der Waals surface area contributed by atoms with E-state index >= 15 is 0 Å². The van der Waals surface area contributed by atoms with Gasteiger partial charge in [-0.15, -0.1) is 35.3 Å². The lowest BCUT2D eigenvalue weighted by atomic mass is 10.1.